The van der Waals surface area contributed by atoms with Crippen molar-refractivity contribution in [2.45, 2.75) is 40.2 Å². The van der Waals surface area contributed by atoms with E-state index < -0.39 is 10.0 Å². The number of carbonyl (C=O) groups is 1. The lowest BCUT2D eigenvalue weighted by Crippen LogP contribution is -2.31. The molecule has 0 radical (unpaired) electrons. The van der Waals surface area contributed by atoms with E-state index in [2.05, 4.69) is 5.10 Å². The van der Waals surface area contributed by atoms with Crippen LogP contribution in [0.15, 0.2) is 0 Å². The number of amides is 1. The van der Waals surface area contributed by atoms with Gasteiger partial charge in [-0.15, -0.1) is 0 Å². The highest BCUT2D eigenvalue weighted by atomic mass is 32.2. The molecule has 124 valence electrons. The lowest BCUT2D eigenvalue weighted by atomic mass is 10.1. The maximum atomic E-state index is 12.7. The van der Waals surface area contributed by atoms with E-state index in [4.69, 9.17) is 5.14 Å². The van der Waals surface area contributed by atoms with Crippen molar-refractivity contribution < 1.29 is 13.2 Å². The van der Waals surface area contributed by atoms with Crippen LogP contribution in [-0.4, -0.2) is 47.8 Å². The topological polar surface area (TPSA) is 98.3 Å². The Balaban J connectivity index is 2.17. The zero-order valence-electron chi connectivity index (χ0n) is 13.5. The summed E-state index contributed by atoms with van der Waals surface area (Å²) in [6, 6.07) is 0.189. The SMILES string of the molecule is Cc1nn(C(C)C)c(C)c1C(=O)N1CC[C@@H](CS(N)(=O)=O)C1. The molecule has 0 aromatic carbocycles. The summed E-state index contributed by atoms with van der Waals surface area (Å²) >= 11 is 0. The van der Waals surface area contributed by atoms with Gasteiger partial charge in [0.25, 0.3) is 5.91 Å². The van der Waals surface area contributed by atoms with E-state index in [-0.39, 0.29) is 23.6 Å². The number of hydrogen-bond acceptors (Lipinski definition) is 4. The van der Waals surface area contributed by atoms with Crippen LogP contribution in [0.1, 0.15) is 48.1 Å². The maximum absolute atomic E-state index is 12.7. The molecule has 1 aliphatic rings. The van der Waals surface area contributed by atoms with E-state index >= 15 is 0 Å². The van der Waals surface area contributed by atoms with Crippen molar-refractivity contribution in [3.8, 4) is 0 Å². The van der Waals surface area contributed by atoms with Crippen LogP contribution in [0.5, 0.6) is 0 Å². The average molecular weight is 328 g/mol. The Morgan fingerprint density at radius 3 is 2.55 bits per heavy atom. The molecule has 1 saturated heterocycles. The van der Waals surface area contributed by atoms with Gasteiger partial charge in [-0.2, -0.15) is 5.10 Å². The minimum atomic E-state index is -3.50. The first kappa shape index (κ1) is 17.0. The number of nitrogens with two attached hydrogens (primary N) is 1. The molecule has 7 nitrogen and oxygen atoms in total. The van der Waals surface area contributed by atoms with Crippen molar-refractivity contribution in [1.82, 2.24) is 14.7 Å². The fourth-order valence-electron chi connectivity index (χ4n) is 3.12. The van der Waals surface area contributed by atoms with E-state index in [1.807, 2.05) is 32.4 Å². The highest BCUT2D eigenvalue weighted by molar-refractivity contribution is 7.89. The van der Waals surface area contributed by atoms with Gasteiger partial charge < -0.3 is 4.90 Å². The fourth-order valence-corrected chi connectivity index (χ4v) is 4.04. The molecular weight excluding hydrogens is 304 g/mol. The molecule has 2 rings (SSSR count). The number of aryl methyl sites for hydroxylation is 1. The van der Waals surface area contributed by atoms with Crippen LogP contribution in [0.3, 0.4) is 0 Å². The largest absolute Gasteiger partial charge is 0.338 e. The van der Waals surface area contributed by atoms with Gasteiger partial charge in [-0.1, -0.05) is 0 Å². The van der Waals surface area contributed by atoms with Gasteiger partial charge in [0.05, 0.1) is 17.0 Å². The molecule has 1 aromatic rings. The second-order valence-electron chi connectivity index (χ2n) is 6.32. The number of primary sulfonamides is 1. The van der Waals surface area contributed by atoms with Crippen LogP contribution in [0.25, 0.3) is 0 Å². The van der Waals surface area contributed by atoms with Gasteiger partial charge in [-0.3, -0.25) is 9.48 Å². The van der Waals surface area contributed by atoms with Crippen LogP contribution in [0.2, 0.25) is 0 Å². The smallest absolute Gasteiger partial charge is 0.257 e. The Bertz CT molecular complexity index is 679. The van der Waals surface area contributed by atoms with Gasteiger partial charge >= 0.3 is 0 Å². The van der Waals surface area contributed by atoms with E-state index in [0.29, 0.717) is 30.8 Å². The molecule has 1 aliphatic heterocycles. The average Bonchev–Trinajstić information content (AvgIpc) is 2.92. The van der Waals surface area contributed by atoms with Crippen molar-refractivity contribution >= 4 is 15.9 Å². The summed E-state index contributed by atoms with van der Waals surface area (Å²) in [6.45, 7) is 8.76. The summed E-state index contributed by atoms with van der Waals surface area (Å²) in [5.41, 5.74) is 2.20. The summed E-state index contributed by atoms with van der Waals surface area (Å²) < 4.78 is 24.2. The molecule has 1 amide bonds. The van der Waals surface area contributed by atoms with Crippen molar-refractivity contribution in [2.75, 3.05) is 18.8 Å². The third kappa shape index (κ3) is 3.49. The molecule has 1 aromatic heterocycles. The molecule has 22 heavy (non-hydrogen) atoms. The molecular formula is C14H24N4O3S. The Hall–Kier alpha value is -1.41. The minimum absolute atomic E-state index is 0.0694. The van der Waals surface area contributed by atoms with Gasteiger partial charge in [0.2, 0.25) is 10.0 Å². The number of likely N-dealkylation sites (tertiary alicyclic amines) is 1. The minimum Gasteiger partial charge on any atom is -0.338 e. The fraction of sp³-hybridized carbons (Fsp3) is 0.714. The van der Waals surface area contributed by atoms with E-state index in [9.17, 15) is 13.2 Å². The molecule has 0 bridgehead atoms. The van der Waals surface area contributed by atoms with Gasteiger partial charge in [-0.25, -0.2) is 13.6 Å². The highest BCUT2D eigenvalue weighted by Gasteiger charge is 2.32. The number of nitrogens with zero attached hydrogens (tertiary/aromatic N) is 3. The molecule has 2 N–H and O–H groups in total. The third-order valence-electron chi connectivity index (χ3n) is 4.07. The summed E-state index contributed by atoms with van der Waals surface area (Å²) in [5.74, 6) is -0.224. The molecule has 0 aliphatic carbocycles. The molecule has 2 heterocycles. The lowest BCUT2D eigenvalue weighted by Gasteiger charge is -2.17. The van der Waals surface area contributed by atoms with Crippen molar-refractivity contribution in [3.63, 3.8) is 0 Å². The predicted octanol–water partition coefficient (Wildman–Crippen LogP) is 0.831. The molecule has 8 heteroatoms. The Kier molecular flexibility index (Phi) is 4.62. The van der Waals surface area contributed by atoms with Gasteiger partial charge in [0.15, 0.2) is 0 Å². The van der Waals surface area contributed by atoms with Crippen molar-refractivity contribution in [2.24, 2.45) is 11.1 Å². The quantitative estimate of drug-likeness (QED) is 0.885. The van der Waals surface area contributed by atoms with Crippen LogP contribution < -0.4 is 5.14 Å². The van der Waals surface area contributed by atoms with Crippen molar-refractivity contribution in [1.29, 1.82) is 0 Å². The molecule has 1 atom stereocenters. The van der Waals surface area contributed by atoms with Gasteiger partial charge in [-0.05, 0) is 40.0 Å². The second-order valence-corrected chi connectivity index (χ2v) is 7.98. The first-order valence-corrected chi connectivity index (χ1v) is 9.17. The number of carbonyl (C=O) groups excluding carboxylic acids is 1. The predicted molar refractivity (Wildman–Crippen MR) is 84.1 cm³/mol. The normalized spacial score (nSPS) is 19.2. The summed E-state index contributed by atoms with van der Waals surface area (Å²) in [4.78, 5) is 14.4. The number of aromatic nitrogens is 2. The van der Waals surface area contributed by atoms with Crippen LogP contribution in [-0.2, 0) is 10.0 Å². The molecule has 0 unspecified atom stereocenters. The Labute approximate surface area is 131 Å². The summed E-state index contributed by atoms with van der Waals surface area (Å²) in [7, 11) is -3.50. The first-order chi connectivity index (χ1) is 10.1. The van der Waals surface area contributed by atoms with E-state index in [0.717, 1.165) is 5.69 Å². The second kappa shape index (κ2) is 6.00. The third-order valence-corrected chi connectivity index (χ3v) is 5.01. The van der Waals surface area contributed by atoms with Gasteiger partial charge in [0, 0.05) is 24.8 Å². The summed E-state index contributed by atoms with van der Waals surface area (Å²) in [6.07, 6.45) is 0.665. The lowest BCUT2D eigenvalue weighted by molar-refractivity contribution is 0.0786. The Morgan fingerprint density at radius 2 is 2.05 bits per heavy atom. The monoisotopic (exact) mass is 328 g/mol. The first-order valence-electron chi connectivity index (χ1n) is 7.45. The molecule has 0 saturated carbocycles. The zero-order valence-corrected chi connectivity index (χ0v) is 14.4. The standard InChI is InChI=1S/C14H24N4O3S/c1-9(2)18-11(4)13(10(3)16-18)14(19)17-6-5-12(7-17)8-22(15,20)21/h9,12H,5-8H2,1-4H3,(H2,15,20,21)/t12-/m1/s1. The van der Waals surface area contributed by atoms with E-state index in [1.165, 1.54) is 0 Å². The number of rotatable bonds is 4. The Morgan fingerprint density at radius 1 is 1.41 bits per heavy atom. The highest BCUT2D eigenvalue weighted by Crippen LogP contribution is 2.24. The summed E-state index contributed by atoms with van der Waals surface area (Å²) in [5, 5.41) is 9.52. The van der Waals surface area contributed by atoms with Crippen LogP contribution >= 0.6 is 0 Å². The van der Waals surface area contributed by atoms with Crippen molar-refractivity contribution in [3.05, 3.63) is 17.0 Å². The van der Waals surface area contributed by atoms with Crippen LogP contribution in [0, 0.1) is 19.8 Å². The van der Waals surface area contributed by atoms with E-state index in [1.54, 1.807) is 4.90 Å². The number of hydrogen-bond donors (Lipinski definition) is 1. The van der Waals surface area contributed by atoms with Crippen LogP contribution in [0.4, 0.5) is 0 Å². The van der Waals surface area contributed by atoms with Gasteiger partial charge in [0.1, 0.15) is 0 Å². The maximum Gasteiger partial charge on any atom is 0.257 e. The molecule has 0 spiro atoms. The zero-order chi connectivity index (χ0) is 16.7. The number of sulfonamides is 1. The molecule has 1 fully saturated rings.